The minimum Gasteiger partial charge on any atom is -0.349 e. The van der Waals surface area contributed by atoms with Gasteiger partial charge in [0.15, 0.2) is 0 Å². The molecule has 2 atom stereocenters. The Morgan fingerprint density at radius 2 is 2.00 bits per heavy atom. The Balaban J connectivity index is 1.47. The first-order valence-corrected chi connectivity index (χ1v) is 9.47. The van der Waals surface area contributed by atoms with E-state index in [1.807, 2.05) is 0 Å². The van der Waals surface area contributed by atoms with E-state index in [1.165, 1.54) is 36.5 Å². The van der Waals surface area contributed by atoms with E-state index in [4.69, 9.17) is 0 Å². The summed E-state index contributed by atoms with van der Waals surface area (Å²) in [5.74, 6) is -0.960. The number of amides is 2. The summed E-state index contributed by atoms with van der Waals surface area (Å²) in [5.41, 5.74) is -0.297. The summed E-state index contributed by atoms with van der Waals surface area (Å²) in [4.78, 5) is 31.3. The van der Waals surface area contributed by atoms with Crippen LogP contribution in [0.25, 0.3) is 0 Å². The molecule has 1 aliphatic carbocycles. The number of nitrogens with one attached hydrogen (secondary N) is 1. The molecule has 1 aromatic carbocycles. The van der Waals surface area contributed by atoms with Crippen LogP contribution in [-0.2, 0) is 4.79 Å². The number of nitrogens with zero attached hydrogens (tertiary/aromatic N) is 2. The minimum absolute atomic E-state index is 0.0599. The fraction of sp³-hybridized carbons (Fsp3) is 0.381. The highest BCUT2D eigenvalue weighted by Gasteiger charge is 2.50. The van der Waals surface area contributed by atoms with Crippen molar-refractivity contribution >= 4 is 17.6 Å². The maximum Gasteiger partial charge on any atom is 0.251 e. The summed E-state index contributed by atoms with van der Waals surface area (Å²) in [6, 6.07) is 7.91. The van der Waals surface area contributed by atoms with Gasteiger partial charge < -0.3 is 5.32 Å². The maximum absolute atomic E-state index is 13.5. The zero-order valence-electron chi connectivity index (χ0n) is 15.3. The third-order valence-corrected chi connectivity index (χ3v) is 5.76. The lowest BCUT2D eigenvalue weighted by Gasteiger charge is -2.36. The number of carbonyl (C=O) groups excluding carboxylic acids is 2. The highest BCUT2D eigenvalue weighted by molar-refractivity contribution is 5.99. The van der Waals surface area contributed by atoms with Gasteiger partial charge in [0.05, 0.1) is 5.41 Å². The second-order valence-electron chi connectivity index (χ2n) is 7.60. The number of carbonyl (C=O) groups is 2. The van der Waals surface area contributed by atoms with Crippen molar-refractivity contribution in [2.24, 2.45) is 5.41 Å². The SMILES string of the molecule is O=C(NC1CCCC2(CCN(c3cc(F)ccn3)C2=O)C1)c1cccc(F)c1. The van der Waals surface area contributed by atoms with Gasteiger partial charge in [0.1, 0.15) is 17.5 Å². The van der Waals surface area contributed by atoms with E-state index in [1.54, 1.807) is 11.0 Å². The average Bonchev–Trinajstić information content (AvgIpc) is 2.97. The molecule has 2 unspecified atom stereocenters. The Morgan fingerprint density at radius 3 is 2.79 bits per heavy atom. The quantitative estimate of drug-likeness (QED) is 0.880. The van der Waals surface area contributed by atoms with E-state index in [0.29, 0.717) is 25.2 Å². The molecule has 7 heteroatoms. The lowest BCUT2D eigenvalue weighted by Crippen LogP contribution is -2.46. The lowest BCUT2D eigenvalue weighted by atomic mass is 9.71. The predicted octanol–water partition coefficient (Wildman–Crippen LogP) is 3.46. The van der Waals surface area contributed by atoms with Crippen molar-refractivity contribution in [3.8, 4) is 0 Å². The standard InChI is InChI=1S/C21H21F2N3O2/c22-15-4-1-3-14(11-15)19(27)25-17-5-2-7-21(13-17)8-10-26(20(21)28)18-12-16(23)6-9-24-18/h1,3-4,6,9,11-12,17H,2,5,7-8,10,13H2,(H,25,27). The van der Waals surface area contributed by atoms with Crippen LogP contribution in [0.3, 0.4) is 0 Å². The average molecular weight is 385 g/mol. The molecule has 0 radical (unpaired) electrons. The number of rotatable bonds is 3. The van der Waals surface area contributed by atoms with E-state index < -0.39 is 17.0 Å². The molecular weight excluding hydrogens is 364 g/mol. The molecule has 2 aliphatic rings. The molecule has 1 aliphatic heterocycles. The Labute approximate surface area is 161 Å². The van der Waals surface area contributed by atoms with Crippen LogP contribution in [-0.4, -0.2) is 29.4 Å². The third kappa shape index (κ3) is 3.48. The van der Waals surface area contributed by atoms with Gasteiger partial charge in [-0.05, 0) is 49.9 Å². The highest BCUT2D eigenvalue weighted by atomic mass is 19.1. The molecule has 4 rings (SSSR count). The molecule has 2 aromatic rings. The number of benzene rings is 1. The number of pyridine rings is 1. The lowest BCUT2D eigenvalue weighted by molar-refractivity contribution is -0.127. The predicted molar refractivity (Wildman–Crippen MR) is 99.7 cm³/mol. The fourth-order valence-electron chi connectivity index (χ4n) is 4.39. The van der Waals surface area contributed by atoms with Crippen LogP contribution < -0.4 is 10.2 Å². The summed E-state index contributed by atoms with van der Waals surface area (Å²) >= 11 is 0. The number of halogens is 2. The van der Waals surface area contributed by atoms with Gasteiger partial charge in [0.25, 0.3) is 5.91 Å². The second kappa shape index (κ2) is 7.30. The summed E-state index contributed by atoms with van der Waals surface area (Å²) in [7, 11) is 0. The van der Waals surface area contributed by atoms with E-state index in [0.717, 1.165) is 19.3 Å². The molecule has 1 saturated carbocycles. The number of hydrogen-bond acceptors (Lipinski definition) is 3. The van der Waals surface area contributed by atoms with Crippen LogP contribution in [0.15, 0.2) is 42.6 Å². The van der Waals surface area contributed by atoms with Crippen molar-refractivity contribution in [3.05, 3.63) is 59.8 Å². The molecule has 2 fully saturated rings. The van der Waals surface area contributed by atoms with E-state index >= 15 is 0 Å². The van der Waals surface area contributed by atoms with Crippen LogP contribution in [0.5, 0.6) is 0 Å². The molecule has 0 bridgehead atoms. The number of anilines is 1. The first kappa shape index (κ1) is 18.5. The topological polar surface area (TPSA) is 62.3 Å². The zero-order valence-corrected chi connectivity index (χ0v) is 15.3. The summed E-state index contributed by atoms with van der Waals surface area (Å²) in [6.45, 7) is 0.486. The molecule has 5 nitrogen and oxygen atoms in total. The van der Waals surface area contributed by atoms with E-state index in [2.05, 4.69) is 10.3 Å². The van der Waals surface area contributed by atoms with Crippen molar-refractivity contribution in [3.63, 3.8) is 0 Å². The monoisotopic (exact) mass is 385 g/mol. The molecule has 1 N–H and O–H groups in total. The van der Waals surface area contributed by atoms with Crippen LogP contribution >= 0.6 is 0 Å². The Bertz CT molecular complexity index is 920. The van der Waals surface area contributed by atoms with Crippen molar-refractivity contribution in [1.29, 1.82) is 0 Å². The molecule has 1 aromatic heterocycles. The van der Waals surface area contributed by atoms with E-state index in [-0.39, 0.29) is 23.4 Å². The molecule has 146 valence electrons. The number of aromatic nitrogens is 1. The summed E-state index contributed by atoms with van der Waals surface area (Å²) in [6.07, 6.45) is 4.85. The van der Waals surface area contributed by atoms with Gasteiger partial charge in [-0.2, -0.15) is 0 Å². The summed E-state index contributed by atoms with van der Waals surface area (Å²) in [5, 5.41) is 2.95. The van der Waals surface area contributed by atoms with Gasteiger partial charge in [-0.3, -0.25) is 14.5 Å². The Kier molecular flexibility index (Phi) is 4.83. The fourth-order valence-corrected chi connectivity index (χ4v) is 4.39. The highest BCUT2D eigenvalue weighted by Crippen LogP contribution is 2.45. The Hall–Kier alpha value is -2.83. The summed E-state index contributed by atoms with van der Waals surface area (Å²) < 4.78 is 26.9. The molecular formula is C21H21F2N3O2. The molecule has 28 heavy (non-hydrogen) atoms. The zero-order chi connectivity index (χ0) is 19.7. The Morgan fingerprint density at radius 1 is 1.18 bits per heavy atom. The normalized spacial score (nSPS) is 24.6. The van der Waals surface area contributed by atoms with Gasteiger partial charge in [0, 0.05) is 30.4 Å². The van der Waals surface area contributed by atoms with Crippen LogP contribution in [0.4, 0.5) is 14.6 Å². The van der Waals surface area contributed by atoms with Crippen LogP contribution in [0.2, 0.25) is 0 Å². The minimum atomic E-state index is -0.563. The number of hydrogen-bond donors (Lipinski definition) is 1. The maximum atomic E-state index is 13.5. The van der Waals surface area contributed by atoms with Crippen LogP contribution in [0, 0.1) is 17.0 Å². The van der Waals surface area contributed by atoms with Gasteiger partial charge in [-0.1, -0.05) is 12.5 Å². The smallest absolute Gasteiger partial charge is 0.251 e. The molecule has 1 saturated heterocycles. The molecule has 2 heterocycles. The third-order valence-electron chi connectivity index (χ3n) is 5.76. The van der Waals surface area contributed by atoms with Gasteiger partial charge >= 0.3 is 0 Å². The van der Waals surface area contributed by atoms with Crippen molar-refractivity contribution in [2.45, 2.75) is 38.1 Å². The van der Waals surface area contributed by atoms with Crippen LogP contribution in [0.1, 0.15) is 42.5 Å². The molecule has 1 spiro atoms. The van der Waals surface area contributed by atoms with Gasteiger partial charge in [0.2, 0.25) is 5.91 Å². The largest absolute Gasteiger partial charge is 0.349 e. The van der Waals surface area contributed by atoms with Crippen molar-refractivity contribution < 1.29 is 18.4 Å². The first-order valence-electron chi connectivity index (χ1n) is 9.47. The van der Waals surface area contributed by atoms with Gasteiger partial charge in [-0.25, -0.2) is 13.8 Å². The van der Waals surface area contributed by atoms with E-state index in [9.17, 15) is 18.4 Å². The van der Waals surface area contributed by atoms with Crippen molar-refractivity contribution in [2.75, 3.05) is 11.4 Å². The second-order valence-corrected chi connectivity index (χ2v) is 7.60. The first-order chi connectivity index (χ1) is 13.5. The van der Waals surface area contributed by atoms with Gasteiger partial charge in [-0.15, -0.1) is 0 Å². The molecule has 2 amide bonds. The van der Waals surface area contributed by atoms with Crippen molar-refractivity contribution in [1.82, 2.24) is 10.3 Å².